The first-order chi connectivity index (χ1) is 19.6. The summed E-state index contributed by atoms with van der Waals surface area (Å²) < 4.78 is 11.7. The molecule has 3 atom stereocenters. The van der Waals surface area contributed by atoms with Crippen LogP contribution < -0.4 is 5.32 Å². The SMILES string of the molecule is CC1=C(OC(=O)N2CCN(C(=O)[C@]3(O[N+](=O)[O-])CC[C@@H](O[N+](=O)[O-])C3)CC2)C2=COC(c3ccc(Cl)cc3)C2=CN1. The molecule has 1 N–H and O–H groups in total. The molecule has 1 unspecified atom stereocenters. The second-order valence-corrected chi connectivity index (χ2v) is 10.4. The summed E-state index contributed by atoms with van der Waals surface area (Å²) in [4.78, 5) is 60.4. The predicted molar refractivity (Wildman–Crippen MR) is 138 cm³/mol. The molecule has 1 aromatic rings. The van der Waals surface area contributed by atoms with Crippen LogP contribution in [0.4, 0.5) is 4.79 Å². The molecule has 5 rings (SSSR count). The van der Waals surface area contributed by atoms with E-state index in [4.69, 9.17) is 25.9 Å². The first-order valence-electron chi connectivity index (χ1n) is 12.8. The summed E-state index contributed by atoms with van der Waals surface area (Å²) in [5.74, 6) is -0.369. The summed E-state index contributed by atoms with van der Waals surface area (Å²) in [6, 6.07) is 7.23. The third-order valence-electron chi connectivity index (χ3n) is 7.43. The standard InChI is InChI=1S/C25H26ClN5O10/c1-15-21(20-14-38-22(19(20)13-27-15)16-2-4-17(26)5-3-16)39-24(33)29-10-8-28(9-11-29)23(32)25(41-31(36)37)7-6-18(12-25)40-30(34)35/h2-5,13-14,18,22,27H,6-12H2,1H3/t18-,22?,25+/m1/s1. The van der Waals surface area contributed by atoms with E-state index < -0.39 is 40.0 Å². The molecule has 0 spiro atoms. The first kappa shape index (κ1) is 28.0. The zero-order valence-electron chi connectivity index (χ0n) is 21.8. The van der Waals surface area contributed by atoms with Crippen molar-refractivity contribution in [2.75, 3.05) is 26.2 Å². The Morgan fingerprint density at radius 1 is 1.10 bits per heavy atom. The van der Waals surface area contributed by atoms with Crippen LogP contribution in [-0.4, -0.2) is 69.9 Å². The van der Waals surface area contributed by atoms with Crippen molar-refractivity contribution in [3.63, 3.8) is 0 Å². The Bertz CT molecular complexity index is 1350. The van der Waals surface area contributed by atoms with Crippen molar-refractivity contribution in [3.8, 4) is 0 Å². The summed E-state index contributed by atoms with van der Waals surface area (Å²) in [6.07, 6.45) is 0.886. The fourth-order valence-electron chi connectivity index (χ4n) is 5.41. The second kappa shape index (κ2) is 11.2. The minimum Gasteiger partial charge on any atom is -0.488 e. The lowest BCUT2D eigenvalue weighted by Gasteiger charge is -2.38. The van der Waals surface area contributed by atoms with Gasteiger partial charge in [-0.15, -0.1) is 20.2 Å². The van der Waals surface area contributed by atoms with Crippen molar-refractivity contribution in [2.24, 2.45) is 0 Å². The van der Waals surface area contributed by atoms with Crippen LogP contribution in [0.15, 0.2) is 59.3 Å². The van der Waals surface area contributed by atoms with E-state index in [1.165, 1.54) is 9.80 Å². The Hall–Kier alpha value is -4.53. The Morgan fingerprint density at radius 2 is 1.78 bits per heavy atom. The summed E-state index contributed by atoms with van der Waals surface area (Å²) in [5, 5.41) is 23.5. The highest BCUT2D eigenvalue weighted by Crippen LogP contribution is 2.43. The molecule has 1 aromatic carbocycles. The van der Waals surface area contributed by atoms with E-state index in [0.717, 1.165) is 11.1 Å². The van der Waals surface area contributed by atoms with Gasteiger partial charge in [0.25, 0.3) is 16.1 Å². The Balaban J connectivity index is 1.20. The fourth-order valence-corrected chi connectivity index (χ4v) is 5.53. The van der Waals surface area contributed by atoms with Gasteiger partial charge in [-0.2, -0.15) is 0 Å². The Labute approximate surface area is 238 Å². The maximum atomic E-state index is 13.3. The maximum Gasteiger partial charge on any atom is 0.415 e. The summed E-state index contributed by atoms with van der Waals surface area (Å²) >= 11 is 6.00. The topological polar surface area (TPSA) is 176 Å². The van der Waals surface area contributed by atoms with Gasteiger partial charge in [-0.05, 0) is 37.5 Å². The molecule has 1 saturated heterocycles. The normalized spacial score (nSPS) is 25.3. The fraction of sp³-hybridized carbons (Fsp3) is 0.440. The molecule has 3 heterocycles. The molecule has 41 heavy (non-hydrogen) atoms. The molecule has 2 amide bonds. The third-order valence-corrected chi connectivity index (χ3v) is 7.69. The van der Waals surface area contributed by atoms with Gasteiger partial charge < -0.3 is 29.4 Å². The number of fused-ring (bicyclic) bond motifs is 1. The highest BCUT2D eigenvalue weighted by atomic mass is 35.5. The molecule has 15 nitrogen and oxygen atoms in total. The molecule has 2 fully saturated rings. The van der Waals surface area contributed by atoms with Crippen molar-refractivity contribution in [1.29, 1.82) is 0 Å². The molecule has 0 bridgehead atoms. The van der Waals surface area contributed by atoms with E-state index in [-0.39, 0.29) is 45.4 Å². The van der Waals surface area contributed by atoms with Crippen molar-refractivity contribution in [1.82, 2.24) is 15.1 Å². The van der Waals surface area contributed by atoms with Crippen molar-refractivity contribution in [3.05, 3.63) is 90.1 Å². The number of carbonyl (C=O) groups is 2. The largest absolute Gasteiger partial charge is 0.488 e. The van der Waals surface area contributed by atoms with Gasteiger partial charge in [0.05, 0.1) is 17.5 Å². The number of allylic oxidation sites excluding steroid dienone is 2. The van der Waals surface area contributed by atoms with Crippen LogP contribution in [0.1, 0.15) is 37.9 Å². The number of halogens is 1. The van der Waals surface area contributed by atoms with Crippen LogP contribution in [-0.2, 0) is 23.9 Å². The van der Waals surface area contributed by atoms with E-state index in [0.29, 0.717) is 22.1 Å². The molecular weight excluding hydrogens is 566 g/mol. The lowest BCUT2D eigenvalue weighted by molar-refractivity contribution is -0.780. The quantitative estimate of drug-likeness (QED) is 0.364. The summed E-state index contributed by atoms with van der Waals surface area (Å²) in [7, 11) is 0. The maximum absolute atomic E-state index is 13.3. The number of nitrogens with zero attached hydrogens (tertiary/aromatic N) is 4. The number of hydrogen-bond acceptors (Lipinski definition) is 11. The minimum atomic E-state index is -1.89. The molecule has 218 valence electrons. The minimum absolute atomic E-state index is 0.0459. The van der Waals surface area contributed by atoms with Gasteiger partial charge in [-0.3, -0.25) is 9.63 Å². The average Bonchev–Trinajstić information content (AvgIpc) is 3.54. The Morgan fingerprint density at radius 3 is 2.44 bits per heavy atom. The van der Waals surface area contributed by atoms with Crippen LogP contribution in [0.2, 0.25) is 5.02 Å². The van der Waals surface area contributed by atoms with Gasteiger partial charge in [0.15, 0.2) is 17.5 Å². The summed E-state index contributed by atoms with van der Waals surface area (Å²) in [5.41, 5.74) is 0.991. The number of carbonyl (C=O) groups excluding carboxylic acids is 2. The van der Waals surface area contributed by atoms with E-state index in [1.54, 1.807) is 31.5 Å². The molecule has 1 saturated carbocycles. The summed E-state index contributed by atoms with van der Waals surface area (Å²) in [6.45, 7) is 2.07. The molecule has 0 radical (unpaired) electrons. The first-order valence-corrected chi connectivity index (χ1v) is 13.1. The van der Waals surface area contributed by atoms with Crippen molar-refractivity contribution in [2.45, 2.75) is 44.0 Å². The van der Waals surface area contributed by atoms with Crippen molar-refractivity contribution >= 4 is 23.6 Å². The number of hydrogen-bond donors (Lipinski definition) is 1. The third kappa shape index (κ3) is 5.70. The lowest BCUT2D eigenvalue weighted by atomic mass is 9.95. The predicted octanol–water partition coefficient (Wildman–Crippen LogP) is 3.00. The number of amides is 2. The molecule has 1 aliphatic carbocycles. The monoisotopic (exact) mass is 591 g/mol. The van der Waals surface area contributed by atoms with E-state index >= 15 is 0 Å². The van der Waals surface area contributed by atoms with Gasteiger partial charge in [-0.1, -0.05) is 23.7 Å². The number of dihydropyridines is 1. The molecule has 0 aromatic heterocycles. The lowest BCUT2D eigenvalue weighted by Crippen LogP contribution is -2.57. The number of piperazine rings is 1. The van der Waals surface area contributed by atoms with E-state index in [1.807, 2.05) is 12.1 Å². The zero-order chi connectivity index (χ0) is 29.3. The van der Waals surface area contributed by atoms with Crippen LogP contribution in [0.5, 0.6) is 0 Å². The highest BCUT2D eigenvalue weighted by Gasteiger charge is 2.52. The highest BCUT2D eigenvalue weighted by molar-refractivity contribution is 6.30. The number of benzene rings is 1. The number of rotatable bonds is 7. The molecule has 4 aliphatic rings. The van der Waals surface area contributed by atoms with Crippen LogP contribution in [0.25, 0.3) is 0 Å². The zero-order valence-corrected chi connectivity index (χ0v) is 22.6. The molecule has 3 aliphatic heterocycles. The van der Waals surface area contributed by atoms with Gasteiger partial charge >= 0.3 is 6.09 Å². The number of ether oxygens (including phenoxy) is 2. The number of nitrogens with one attached hydrogen (secondary N) is 1. The molecular formula is C25H26ClN5O10. The van der Waals surface area contributed by atoms with Gasteiger partial charge in [0.1, 0.15) is 6.10 Å². The van der Waals surface area contributed by atoms with Crippen molar-refractivity contribution < 1.29 is 38.9 Å². The van der Waals surface area contributed by atoms with Crippen LogP contribution in [0.3, 0.4) is 0 Å². The molecule has 16 heteroatoms. The van der Waals surface area contributed by atoms with Gasteiger partial charge in [-0.25, -0.2) is 4.79 Å². The Kier molecular flexibility index (Phi) is 7.62. The smallest absolute Gasteiger partial charge is 0.415 e. The van der Waals surface area contributed by atoms with Crippen LogP contribution >= 0.6 is 11.6 Å². The van der Waals surface area contributed by atoms with Crippen LogP contribution in [0, 0.1) is 20.2 Å². The van der Waals surface area contributed by atoms with Gasteiger partial charge in [0.2, 0.25) is 0 Å². The van der Waals surface area contributed by atoms with E-state index in [9.17, 15) is 29.8 Å². The van der Waals surface area contributed by atoms with E-state index in [2.05, 4.69) is 10.2 Å². The van der Waals surface area contributed by atoms with Gasteiger partial charge in [0, 0.05) is 49.4 Å². The average molecular weight is 592 g/mol. The second-order valence-electron chi connectivity index (χ2n) is 9.95.